The largest absolute Gasteiger partial charge is 0.332 e. The number of nitrogens with one attached hydrogen (secondary N) is 1. The van der Waals surface area contributed by atoms with Gasteiger partial charge >= 0.3 is 5.69 Å². The van der Waals surface area contributed by atoms with Crippen LogP contribution in [0.2, 0.25) is 0 Å². The van der Waals surface area contributed by atoms with E-state index in [1.165, 1.54) is 18.0 Å². The molecule has 0 aliphatic heterocycles. The highest BCUT2D eigenvalue weighted by Crippen LogP contribution is 2.30. The molecule has 1 saturated carbocycles. The summed E-state index contributed by atoms with van der Waals surface area (Å²) in [5.41, 5.74) is 0.407. The summed E-state index contributed by atoms with van der Waals surface area (Å²) in [6, 6.07) is 0.280. The normalized spacial score (nSPS) is 16.9. The van der Waals surface area contributed by atoms with E-state index in [9.17, 15) is 9.59 Å². The molecular formula is C13H18N4O2S. The third kappa shape index (κ3) is 1.80. The topological polar surface area (TPSA) is 64.7 Å². The number of aryl methyl sites for hydroxylation is 1. The Morgan fingerprint density at radius 3 is 2.40 bits per heavy atom. The van der Waals surface area contributed by atoms with Gasteiger partial charge in [-0.05, 0) is 25.1 Å². The Labute approximate surface area is 120 Å². The van der Waals surface area contributed by atoms with Gasteiger partial charge in [0.2, 0.25) is 0 Å². The van der Waals surface area contributed by atoms with Crippen LogP contribution in [0.1, 0.15) is 38.1 Å². The SMILES string of the molecule is Cn1c(=O)c2[nH]c(=S)n(C3CCCCC3)c2n(C)c1=O. The van der Waals surface area contributed by atoms with E-state index in [0.717, 1.165) is 30.3 Å². The molecule has 2 aromatic heterocycles. The average molecular weight is 294 g/mol. The highest BCUT2D eigenvalue weighted by Gasteiger charge is 2.22. The molecule has 1 aliphatic rings. The minimum absolute atomic E-state index is 0.280. The number of hydrogen-bond acceptors (Lipinski definition) is 3. The van der Waals surface area contributed by atoms with Crippen LogP contribution in [0.3, 0.4) is 0 Å². The molecule has 1 N–H and O–H groups in total. The first-order chi connectivity index (χ1) is 9.52. The van der Waals surface area contributed by atoms with Gasteiger partial charge in [-0.1, -0.05) is 19.3 Å². The molecule has 2 aromatic rings. The minimum Gasteiger partial charge on any atom is -0.325 e. The van der Waals surface area contributed by atoms with Crippen LogP contribution in [-0.4, -0.2) is 18.7 Å². The lowest BCUT2D eigenvalue weighted by molar-refractivity contribution is 0.354. The first-order valence-corrected chi connectivity index (χ1v) is 7.33. The Morgan fingerprint density at radius 2 is 1.75 bits per heavy atom. The molecule has 6 nitrogen and oxygen atoms in total. The molecule has 0 unspecified atom stereocenters. The maximum Gasteiger partial charge on any atom is 0.332 e. The molecule has 0 amide bonds. The number of rotatable bonds is 1. The van der Waals surface area contributed by atoms with Crippen molar-refractivity contribution in [3.8, 4) is 0 Å². The molecule has 20 heavy (non-hydrogen) atoms. The molecule has 0 bridgehead atoms. The summed E-state index contributed by atoms with van der Waals surface area (Å²) >= 11 is 5.38. The van der Waals surface area contributed by atoms with Crippen LogP contribution in [-0.2, 0) is 14.1 Å². The van der Waals surface area contributed by atoms with Crippen molar-refractivity contribution in [3.63, 3.8) is 0 Å². The molecule has 0 saturated heterocycles. The lowest BCUT2D eigenvalue weighted by atomic mass is 9.95. The Morgan fingerprint density at radius 1 is 1.10 bits per heavy atom. The van der Waals surface area contributed by atoms with Crippen molar-refractivity contribution in [1.82, 2.24) is 18.7 Å². The number of fused-ring (bicyclic) bond motifs is 1. The number of aromatic nitrogens is 4. The smallest absolute Gasteiger partial charge is 0.325 e. The molecule has 0 radical (unpaired) electrons. The van der Waals surface area contributed by atoms with Crippen LogP contribution in [0.5, 0.6) is 0 Å². The Kier molecular flexibility index (Phi) is 3.16. The molecule has 7 heteroatoms. The van der Waals surface area contributed by atoms with E-state index < -0.39 is 0 Å². The summed E-state index contributed by atoms with van der Waals surface area (Å²) in [6.45, 7) is 0. The first-order valence-electron chi connectivity index (χ1n) is 6.92. The third-order valence-corrected chi connectivity index (χ3v) is 4.55. The molecule has 0 aromatic carbocycles. The molecule has 3 rings (SSSR count). The van der Waals surface area contributed by atoms with Crippen molar-refractivity contribution >= 4 is 23.4 Å². The molecular weight excluding hydrogens is 276 g/mol. The van der Waals surface area contributed by atoms with Crippen molar-refractivity contribution in [2.24, 2.45) is 14.1 Å². The summed E-state index contributed by atoms with van der Waals surface area (Å²) in [5, 5.41) is 0. The maximum absolute atomic E-state index is 12.2. The molecule has 2 heterocycles. The number of imidazole rings is 1. The number of nitrogens with zero attached hydrogens (tertiary/aromatic N) is 3. The van der Waals surface area contributed by atoms with Crippen molar-refractivity contribution in [2.75, 3.05) is 0 Å². The molecule has 0 atom stereocenters. The van der Waals surface area contributed by atoms with E-state index in [1.807, 2.05) is 4.57 Å². The lowest BCUT2D eigenvalue weighted by Gasteiger charge is -2.24. The summed E-state index contributed by atoms with van der Waals surface area (Å²) in [7, 11) is 3.17. The van der Waals surface area contributed by atoms with E-state index in [2.05, 4.69) is 4.98 Å². The number of H-pyrrole nitrogens is 1. The van der Waals surface area contributed by atoms with Crippen LogP contribution in [0.4, 0.5) is 0 Å². The lowest BCUT2D eigenvalue weighted by Crippen LogP contribution is -2.37. The van der Waals surface area contributed by atoms with Gasteiger partial charge in [0.15, 0.2) is 4.77 Å². The van der Waals surface area contributed by atoms with Crippen LogP contribution in [0.15, 0.2) is 9.59 Å². The van der Waals surface area contributed by atoms with Crippen molar-refractivity contribution < 1.29 is 0 Å². The zero-order valence-electron chi connectivity index (χ0n) is 11.7. The first kappa shape index (κ1) is 13.4. The third-order valence-electron chi connectivity index (χ3n) is 4.25. The average Bonchev–Trinajstić information content (AvgIpc) is 2.81. The standard InChI is InChI=1S/C13H18N4O2S/c1-15-10-9(11(18)16(2)13(15)19)14-12(20)17(10)8-6-4-3-5-7-8/h8H,3-7H2,1-2H3,(H,14,20). The predicted octanol–water partition coefficient (Wildman–Crippen LogP) is 1.60. The summed E-state index contributed by atoms with van der Waals surface area (Å²) in [4.78, 5) is 27.3. The fourth-order valence-electron chi connectivity index (χ4n) is 3.17. The monoisotopic (exact) mass is 294 g/mol. The molecule has 0 spiro atoms. The highest BCUT2D eigenvalue weighted by atomic mass is 32.1. The van der Waals surface area contributed by atoms with Gasteiger partial charge in [0, 0.05) is 20.1 Å². The van der Waals surface area contributed by atoms with Crippen LogP contribution < -0.4 is 11.2 Å². The highest BCUT2D eigenvalue weighted by molar-refractivity contribution is 7.71. The van der Waals surface area contributed by atoms with E-state index in [4.69, 9.17) is 12.2 Å². The Hall–Kier alpha value is -1.63. The van der Waals surface area contributed by atoms with Gasteiger partial charge in [0.25, 0.3) is 5.56 Å². The van der Waals surface area contributed by atoms with Gasteiger partial charge in [-0.2, -0.15) is 0 Å². The second-order valence-electron chi connectivity index (χ2n) is 5.50. The van der Waals surface area contributed by atoms with Crippen LogP contribution >= 0.6 is 12.2 Å². The van der Waals surface area contributed by atoms with Gasteiger partial charge in [0.1, 0.15) is 11.2 Å². The van der Waals surface area contributed by atoms with Gasteiger partial charge in [-0.3, -0.25) is 18.5 Å². The zero-order chi connectivity index (χ0) is 14.4. The van der Waals surface area contributed by atoms with Gasteiger partial charge in [0.05, 0.1) is 0 Å². The van der Waals surface area contributed by atoms with Crippen molar-refractivity contribution in [1.29, 1.82) is 0 Å². The Bertz CT molecular complexity index is 833. The Balaban J connectivity index is 2.39. The van der Waals surface area contributed by atoms with Gasteiger partial charge in [-0.25, -0.2) is 4.79 Å². The zero-order valence-corrected chi connectivity index (χ0v) is 12.5. The fourth-order valence-corrected chi connectivity index (χ4v) is 3.50. The van der Waals surface area contributed by atoms with E-state index in [-0.39, 0.29) is 17.3 Å². The summed E-state index contributed by atoms with van der Waals surface area (Å²) < 4.78 is 5.12. The fraction of sp³-hybridized carbons (Fsp3) is 0.615. The minimum atomic E-state index is -0.318. The summed E-state index contributed by atoms with van der Waals surface area (Å²) in [6.07, 6.45) is 5.66. The predicted molar refractivity (Wildman–Crippen MR) is 79.7 cm³/mol. The molecule has 108 valence electrons. The molecule has 1 aliphatic carbocycles. The maximum atomic E-state index is 12.2. The number of aromatic amines is 1. The van der Waals surface area contributed by atoms with Crippen molar-refractivity contribution in [2.45, 2.75) is 38.1 Å². The second kappa shape index (κ2) is 4.73. The summed E-state index contributed by atoms with van der Waals surface area (Å²) in [5.74, 6) is 0. The van der Waals surface area contributed by atoms with E-state index >= 15 is 0 Å². The van der Waals surface area contributed by atoms with Crippen molar-refractivity contribution in [3.05, 3.63) is 25.6 Å². The van der Waals surface area contributed by atoms with Gasteiger partial charge < -0.3 is 4.98 Å². The van der Waals surface area contributed by atoms with Crippen LogP contribution in [0.25, 0.3) is 11.2 Å². The molecule has 1 fully saturated rings. The van der Waals surface area contributed by atoms with Gasteiger partial charge in [-0.15, -0.1) is 0 Å². The second-order valence-corrected chi connectivity index (χ2v) is 5.88. The van der Waals surface area contributed by atoms with E-state index in [0.29, 0.717) is 15.9 Å². The van der Waals surface area contributed by atoms with E-state index in [1.54, 1.807) is 7.05 Å². The quantitative estimate of drug-likeness (QED) is 0.813. The van der Waals surface area contributed by atoms with Crippen LogP contribution in [0, 0.1) is 4.77 Å². The number of hydrogen-bond donors (Lipinski definition) is 1.